The molecule has 1 amide bonds. The molecule has 2 rings (SSSR count). The molecule has 0 bridgehead atoms. The summed E-state index contributed by atoms with van der Waals surface area (Å²) in [5, 5.41) is 10.1. The van der Waals surface area contributed by atoms with Gasteiger partial charge in [-0.2, -0.15) is 0 Å². The molecular formula is C21H38N4O3Si. The van der Waals surface area contributed by atoms with E-state index in [9.17, 15) is 9.90 Å². The summed E-state index contributed by atoms with van der Waals surface area (Å²) in [5.74, 6) is 0. The molecule has 7 nitrogen and oxygen atoms in total. The maximum atomic E-state index is 12.3. The summed E-state index contributed by atoms with van der Waals surface area (Å²) in [6.07, 6.45) is 3.04. The number of pyridine rings is 1. The number of piperidine rings is 1. The monoisotopic (exact) mass is 422 g/mol. The highest BCUT2D eigenvalue weighted by atomic mass is 28.4. The van der Waals surface area contributed by atoms with E-state index in [1.54, 1.807) is 17.3 Å². The van der Waals surface area contributed by atoms with Crippen LogP contribution in [0.15, 0.2) is 18.5 Å². The highest BCUT2D eigenvalue weighted by molar-refractivity contribution is 6.74. The molecule has 2 heterocycles. The van der Waals surface area contributed by atoms with Crippen molar-refractivity contribution in [1.82, 2.24) is 9.88 Å². The molecule has 29 heavy (non-hydrogen) atoms. The van der Waals surface area contributed by atoms with E-state index < -0.39 is 19.9 Å². The average molecular weight is 423 g/mol. The molecule has 8 heteroatoms. The van der Waals surface area contributed by atoms with Crippen molar-refractivity contribution in [2.75, 3.05) is 23.7 Å². The van der Waals surface area contributed by atoms with Crippen LogP contribution in [0.2, 0.25) is 18.1 Å². The van der Waals surface area contributed by atoms with E-state index in [1.165, 1.54) is 0 Å². The van der Waals surface area contributed by atoms with Crippen molar-refractivity contribution in [2.45, 2.75) is 83.8 Å². The van der Waals surface area contributed by atoms with Gasteiger partial charge in [-0.25, -0.2) is 4.79 Å². The van der Waals surface area contributed by atoms with Crippen LogP contribution in [0.3, 0.4) is 0 Å². The Balaban J connectivity index is 2.41. The molecule has 0 unspecified atom stereocenters. The number of carbonyl (C=O) groups is 1. The van der Waals surface area contributed by atoms with Crippen LogP contribution in [-0.2, 0) is 4.43 Å². The SMILES string of the molecule is CC(C)(C)N(C(=O)O)[C@H]1CN(c2ccncc2N)CC[C@@H]1O[Si](C)(C)C(C)(C)C. The van der Waals surface area contributed by atoms with E-state index in [0.717, 1.165) is 18.7 Å². The topological polar surface area (TPSA) is 91.9 Å². The standard InChI is InChI=1S/C21H38N4O3Si/c1-20(2,3)25(19(26)27)17-14-24(16-9-11-23-13-15(16)22)12-10-18(17)28-29(7,8)21(4,5)6/h9,11,13,17-18H,10,12,14,22H2,1-8H3,(H,26,27)/t17-,18-/m0/s1. The molecule has 0 aliphatic carbocycles. The van der Waals surface area contributed by atoms with Crippen LogP contribution in [0.25, 0.3) is 0 Å². The number of aromatic nitrogens is 1. The van der Waals surface area contributed by atoms with E-state index in [-0.39, 0.29) is 17.2 Å². The van der Waals surface area contributed by atoms with Crippen molar-refractivity contribution in [3.63, 3.8) is 0 Å². The highest BCUT2D eigenvalue weighted by Crippen LogP contribution is 2.40. The van der Waals surface area contributed by atoms with E-state index in [0.29, 0.717) is 12.2 Å². The van der Waals surface area contributed by atoms with E-state index >= 15 is 0 Å². The zero-order valence-electron chi connectivity index (χ0n) is 19.2. The molecule has 1 fully saturated rings. The second-order valence-electron chi connectivity index (χ2n) is 10.5. The highest BCUT2D eigenvalue weighted by Gasteiger charge is 2.46. The molecule has 0 radical (unpaired) electrons. The van der Waals surface area contributed by atoms with Gasteiger partial charge in [0.1, 0.15) is 0 Å². The van der Waals surface area contributed by atoms with Crippen molar-refractivity contribution in [1.29, 1.82) is 0 Å². The minimum absolute atomic E-state index is 0.0556. The number of nitrogens with zero attached hydrogens (tertiary/aromatic N) is 3. The first-order chi connectivity index (χ1) is 13.1. The molecule has 1 aromatic rings. The second-order valence-corrected chi connectivity index (χ2v) is 15.2. The average Bonchev–Trinajstić information content (AvgIpc) is 2.54. The van der Waals surface area contributed by atoms with E-state index in [1.807, 2.05) is 26.8 Å². The number of rotatable bonds is 4. The lowest BCUT2D eigenvalue weighted by Gasteiger charge is -2.51. The minimum atomic E-state index is -2.06. The zero-order valence-corrected chi connectivity index (χ0v) is 20.2. The fourth-order valence-corrected chi connectivity index (χ4v) is 5.07. The van der Waals surface area contributed by atoms with Gasteiger partial charge in [0.2, 0.25) is 0 Å². The summed E-state index contributed by atoms with van der Waals surface area (Å²) in [6, 6.07) is 1.60. The first kappa shape index (κ1) is 23.5. The molecule has 0 aromatic carbocycles. The van der Waals surface area contributed by atoms with Crippen LogP contribution < -0.4 is 10.6 Å². The van der Waals surface area contributed by atoms with Crippen molar-refractivity contribution in [2.24, 2.45) is 0 Å². The van der Waals surface area contributed by atoms with Crippen LogP contribution in [0.5, 0.6) is 0 Å². The molecule has 164 valence electrons. The number of amides is 1. The fourth-order valence-electron chi connectivity index (χ4n) is 3.68. The Kier molecular flexibility index (Phi) is 6.59. The predicted octanol–water partition coefficient (Wildman–Crippen LogP) is 4.41. The molecule has 1 aliphatic rings. The van der Waals surface area contributed by atoms with Gasteiger partial charge in [-0.05, 0) is 51.4 Å². The van der Waals surface area contributed by atoms with Gasteiger partial charge >= 0.3 is 6.09 Å². The molecule has 1 aromatic heterocycles. The Morgan fingerprint density at radius 3 is 2.41 bits per heavy atom. The van der Waals surface area contributed by atoms with Crippen molar-refractivity contribution in [3.8, 4) is 0 Å². The van der Waals surface area contributed by atoms with Crippen LogP contribution in [0.1, 0.15) is 48.0 Å². The maximum Gasteiger partial charge on any atom is 0.408 e. The summed E-state index contributed by atoms with van der Waals surface area (Å²) in [7, 11) is -2.06. The van der Waals surface area contributed by atoms with Gasteiger partial charge in [-0.1, -0.05) is 20.8 Å². The molecule has 1 saturated heterocycles. The number of nitrogens with two attached hydrogens (primary N) is 1. The summed E-state index contributed by atoms with van der Waals surface area (Å²) in [5.41, 5.74) is 7.11. The van der Waals surface area contributed by atoms with E-state index in [4.69, 9.17) is 10.2 Å². The Labute approximate surface area is 176 Å². The summed E-state index contributed by atoms with van der Waals surface area (Å²) >= 11 is 0. The molecule has 1 aliphatic heterocycles. The van der Waals surface area contributed by atoms with Gasteiger partial charge in [0.15, 0.2) is 8.32 Å². The van der Waals surface area contributed by atoms with Crippen LogP contribution in [0.4, 0.5) is 16.2 Å². The lowest BCUT2D eigenvalue weighted by Crippen LogP contribution is -2.64. The number of nitrogen functional groups attached to an aromatic ring is 1. The lowest BCUT2D eigenvalue weighted by molar-refractivity contribution is 0.00481. The lowest BCUT2D eigenvalue weighted by atomic mass is 9.95. The maximum absolute atomic E-state index is 12.3. The largest absolute Gasteiger partial charge is 0.465 e. The summed E-state index contributed by atoms with van der Waals surface area (Å²) in [6.45, 7) is 18.2. The third-order valence-corrected chi connectivity index (χ3v) is 10.7. The Morgan fingerprint density at radius 2 is 1.93 bits per heavy atom. The number of anilines is 2. The number of carboxylic acid groups (broad SMARTS) is 1. The van der Waals surface area contributed by atoms with Gasteiger partial charge in [-0.3, -0.25) is 9.88 Å². The second kappa shape index (κ2) is 8.14. The van der Waals surface area contributed by atoms with Crippen molar-refractivity contribution >= 4 is 25.8 Å². The molecular weight excluding hydrogens is 384 g/mol. The van der Waals surface area contributed by atoms with Gasteiger partial charge < -0.3 is 20.2 Å². The third kappa shape index (κ3) is 5.22. The quantitative estimate of drug-likeness (QED) is 0.698. The smallest absolute Gasteiger partial charge is 0.408 e. The van der Waals surface area contributed by atoms with Crippen LogP contribution in [0, 0.1) is 0 Å². The van der Waals surface area contributed by atoms with Crippen molar-refractivity contribution < 1.29 is 14.3 Å². The zero-order chi connectivity index (χ0) is 22.2. The number of hydrogen-bond acceptors (Lipinski definition) is 5. The molecule has 2 atom stereocenters. The minimum Gasteiger partial charge on any atom is -0.465 e. The van der Waals surface area contributed by atoms with Crippen LogP contribution >= 0.6 is 0 Å². The summed E-state index contributed by atoms with van der Waals surface area (Å²) in [4.78, 5) is 20.1. The Morgan fingerprint density at radius 1 is 1.31 bits per heavy atom. The Bertz CT molecular complexity index is 727. The molecule has 3 N–H and O–H groups in total. The van der Waals surface area contributed by atoms with Crippen molar-refractivity contribution in [3.05, 3.63) is 18.5 Å². The molecule has 0 saturated carbocycles. The van der Waals surface area contributed by atoms with Gasteiger partial charge in [0, 0.05) is 24.8 Å². The first-order valence-corrected chi connectivity index (χ1v) is 13.2. The third-order valence-electron chi connectivity index (χ3n) is 6.20. The van der Waals surface area contributed by atoms with E-state index in [2.05, 4.69) is 43.7 Å². The van der Waals surface area contributed by atoms with Gasteiger partial charge in [0.05, 0.1) is 29.7 Å². The van der Waals surface area contributed by atoms with Crippen LogP contribution in [-0.4, -0.2) is 60.2 Å². The molecule has 0 spiro atoms. The van der Waals surface area contributed by atoms with Gasteiger partial charge in [-0.15, -0.1) is 0 Å². The summed E-state index contributed by atoms with van der Waals surface area (Å²) < 4.78 is 6.76. The normalized spacial score (nSPS) is 21.2. The van der Waals surface area contributed by atoms with Gasteiger partial charge in [0.25, 0.3) is 0 Å². The number of hydrogen-bond donors (Lipinski definition) is 2. The fraction of sp³-hybridized carbons (Fsp3) is 0.714. The predicted molar refractivity (Wildman–Crippen MR) is 121 cm³/mol. The Hall–Kier alpha value is -1.80. The first-order valence-electron chi connectivity index (χ1n) is 10.3.